The van der Waals surface area contributed by atoms with Crippen LogP contribution >= 0.6 is 11.6 Å². The predicted octanol–water partition coefficient (Wildman–Crippen LogP) is 6.99. The van der Waals surface area contributed by atoms with Crippen LogP contribution in [0.15, 0.2) is 114 Å². The summed E-state index contributed by atoms with van der Waals surface area (Å²) in [5.74, 6) is -0.300. The number of hydrogen-bond acceptors (Lipinski definition) is 3. The predicted molar refractivity (Wildman–Crippen MR) is 139 cm³/mol. The quantitative estimate of drug-likeness (QED) is 0.226. The van der Waals surface area contributed by atoms with Crippen LogP contribution in [0.25, 0.3) is 33.3 Å². The fourth-order valence-electron chi connectivity index (χ4n) is 3.75. The van der Waals surface area contributed by atoms with Gasteiger partial charge in [0.05, 0.1) is 23.0 Å². The van der Waals surface area contributed by atoms with E-state index in [0.29, 0.717) is 10.6 Å². The lowest BCUT2D eigenvalue weighted by molar-refractivity contribution is 0.0956. The lowest BCUT2D eigenvalue weighted by Crippen LogP contribution is -2.18. The van der Waals surface area contributed by atoms with E-state index < -0.39 is 0 Å². The lowest BCUT2D eigenvalue weighted by Gasteiger charge is -2.10. The number of amides is 1. The van der Waals surface area contributed by atoms with Crippen molar-refractivity contribution in [3.8, 4) is 22.4 Å². The number of aromatic nitrogens is 1. The maximum Gasteiger partial charge on any atom is 0.272 e. The smallest absolute Gasteiger partial charge is 0.267 e. The van der Waals surface area contributed by atoms with Gasteiger partial charge in [-0.25, -0.2) is 10.4 Å². The Morgan fingerprint density at radius 1 is 0.765 bits per heavy atom. The number of benzene rings is 4. The molecule has 0 saturated heterocycles. The molecule has 0 aliphatic carbocycles. The van der Waals surface area contributed by atoms with Crippen molar-refractivity contribution in [3.05, 3.63) is 125 Å². The molecule has 0 saturated carbocycles. The Morgan fingerprint density at radius 3 is 2.18 bits per heavy atom. The highest BCUT2D eigenvalue weighted by Gasteiger charge is 2.13. The molecule has 0 bridgehead atoms. The van der Waals surface area contributed by atoms with Crippen molar-refractivity contribution in [2.45, 2.75) is 0 Å². The number of carbonyl (C=O) groups excluding carboxylic acids is 1. The summed E-state index contributed by atoms with van der Waals surface area (Å²) in [6.07, 6.45) is 1.58. The zero-order valence-corrected chi connectivity index (χ0v) is 18.9. The highest BCUT2D eigenvalue weighted by atomic mass is 35.5. The van der Waals surface area contributed by atoms with Gasteiger partial charge in [0.2, 0.25) is 0 Å². The van der Waals surface area contributed by atoms with Gasteiger partial charge in [-0.05, 0) is 41.0 Å². The second-order valence-corrected chi connectivity index (χ2v) is 8.20. The SMILES string of the molecule is O=C(N/N=C/c1ccc(Cl)cc1)c1cc(-c2ccc(-c3ccccc3)cc2)nc2ccccc12. The molecule has 1 aromatic heterocycles. The van der Waals surface area contributed by atoms with E-state index in [1.54, 1.807) is 18.3 Å². The minimum Gasteiger partial charge on any atom is -0.267 e. The highest BCUT2D eigenvalue weighted by Crippen LogP contribution is 2.27. The van der Waals surface area contributed by atoms with Crippen molar-refractivity contribution in [2.24, 2.45) is 5.10 Å². The minimum absolute atomic E-state index is 0.300. The summed E-state index contributed by atoms with van der Waals surface area (Å²) >= 11 is 5.92. The molecule has 1 heterocycles. The van der Waals surface area contributed by atoms with E-state index >= 15 is 0 Å². The first-order chi connectivity index (χ1) is 16.7. The minimum atomic E-state index is -0.300. The number of pyridine rings is 1. The molecule has 0 unspecified atom stereocenters. The van der Waals surface area contributed by atoms with Gasteiger partial charge in [-0.1, -0.05) is 96.5 Å². The van der Waals surface area contributed by atoms with Crippen LogP contribution in [0.3, 0.4) is 0 Å². The monoisotopic (exact) mass is 461 g/mol. The topological polar surface area (TPSA) is 54.4 Å². The molecule has 5 rings (SSSR count). The van der Waals surface area contributed by atoms with E-state index in [9.17, 15) is 4.79 Å². The maximum absolute atomic E-state index is 13.1. The van der Waals surface area contributed by atoms with E-state index in [1.807, 2.05) is 72.8 Å². The van der Waals surface area contributed by atoms with Gasteiger partial charge in [0, 0.05) is 16.0 Å². The van der Waals surface area contributed by atoms with Crippen LogP contribution in [-0.2, 0) is 0 Å². The van der Waals surface area contributed by atoms with Gasteiger partial charge in [-0.2, -0.15) is 5.10 Å². The number of hydrazone groups is 1. The number of carbonyl (C=O) groups is 1. The van der Waals surface area contributed by atoms with Gasteiger partial charge in [0.25, 0.3) is 5.91 Å². The molecule has 5 heteroatoms. The van der Waals surface area contributed by atoms with Crippen LogP contribution in [0.5, 0.6) is 0 Å². The van der Waals surface area contributed by atoms with Crippen LogP contribution in [0, 0.1) is 0 Å². The first-order valence-corrected chi connectivity index (χ1v) is 11.2. The second-order valence-electron chi connectivity index (χ2n) is 7.77. The number of para-hydroxylation sites is 1. The second kappa shape index (κ2) is 9.69. The molecule has 0 atom stereocenters. The summed E-state index contributed by atoms with van der Waals surface area (Å²) in [6.45, 7) is 0. The number of halogens is 1. The zero-order valence-electron chi connectivity index (χ0n) is 18.2. The Labute approximate surface area is 202 Å². The van der Waals surface area contributed by atoms with Crippen LogP contribution in [0.2, 0.25) is 5.02 Å². The highest BCUT2D eigenvalue weighted by molar-refractivity contribution is 6.30. The third kappa shape index (κ3) is 4.72. The molecular weight excluding hydrogens is 442 g/mol. The van der Waals surface area contributed by atoms with Gasteiger partial charge >= 0.3 is 0 Å². The Morgan fingerprint density at radius 2 is 1.41 bits per heavy atom. The summed E-state index contributed by atoms with van der Waals surface area (Å²) in [7, 11) is 0. The molecule has 5 aromatic rings. The van der Waals surface area contributed by atoms with Crippen molar-refractivity contribution in [1.82, 2.24) is 10.4 Å². The summed E-state index contributed by atoms with van der Waals surface area (Å²) in [5, 5.41) is 5.53. The molecule has 4 aromatic carbocycles. The first kappa shape index (κ1) is 21.6. The zero-order chi connectivity index (χ0) is 23.3. The van der Waals surface area contributed by atoms with Crippen molar-refractivity contribution >= 4 is 34.6 Å². The first-order valence-electron chi connectivity index (χ1n) is 10.8. The summed E-state index contributed by atoms with van der Waals surface area (Å²) in [6, 6.07) is 35.0. The van der Waals surface area contributed by atoms with Crippen LogP contribution in [0.4, 0.5) is 0 Å². The molecule has 0 aliphatic heterocycles. The van der Waals surface area contributed by atoms with Crippen molar-refractivity contribution < 1.29 is 4.79 Å². The average Bonchev–Trinajstić information content (AvgIpc) is 2.90. The summed E-state index contributed by atoms with van der Waals surface area (Å²) in [4.78, 5) is 17.8. The Balaban J connectivity index is 1.45. The Hall–Kier alpha value is -4.28. The Bertz CT molecular complexity index is 1480. The number of hydrogen-bond donors (Lipinski definition) is 1. The van der Waals surface area contributed by atoms with Crippen molar-refractivity contribution in [3.63, 3.8) is 0 Å². The van der Waals surface area contributed by atoms with Gasteiger partial charge in [0.15, 0.2) is 0 Å². The van der Waals surface area contributed by atoms with Gasteiger partial charge in [0.1, 0.15) is 0 Å². The fourth-order valence-corrected chi connectivity index (χ4v) is 3.88. The molecule has 1 N–H and O–H groups in total. The lowest BCUT2D eigenvalue weighted by atomic mass is 10.0. The normalized spacial score (nSPS) is 11.1. The van der Waals surface area contributed by atoms with E-state index in [-0.39, 0.29) is 5.91 Å². The molecular formula is C29H20ClN3O. The molecule has 0 spiro atoms. The van der Waals surface area contributed by atoms with Crippen LogP contribution in [0.1, 0.15) is 15.9 Å². The van der Waals surface area contributed by atoms with Crippen LogP contribution < -0.4 is 5.43 Å². The Kier molecular flexibility index (Phi) is 6.15. The largest absolute Gasteiger partial charge is 0.272 e. The standard InChI is InChI=1S/C29H20ClN3O/c30-24-16-10-20(11-17-24)19-31-33-29(34)26-18-28(32-27-9-5-4-8-25(26)27)23-14-12-22(13-15-23)21-6-2-1-3-7-21/h1-19H,(H,33,34)/b31-19+. The van der Waals surface area contributed by atoms with E-state index in [4.69, 9.17) is 16.6 Å². The summed E-state index contributed by atoms with van der Waals surface area (Å²) in [5.41, 5.74) is 8.67. The maximum atomic E-state index is 13.1. The molecule has 1 amide bonds. The molecule has 34 heavy (non-hydrogen) atoms. The number of rotatable bonds is 5. The van der Waals surface area contributed by atoms with Gasteiger partial charge < -0.3 is 0 Å². The number of fused-ring (bicyclic) bond motifs is 1. The molecule has 0 radical (unpaired) electrons. The third-order valence-electron chi connectivity index (χ3n) is 5.50. The van der Waals surface area contributed by atoms with Crippen LogP contribution in [-0.4, -0.2) is 17.1 Å². The number of nitrogens with zero attached hydrogens (tertiary/aromatic N) is 2. The fraction of sp³-hybridized carbons (Fsp3) is 0. The molecule has 0 fully saturated rings. The summed E-state index contributed by atoms with van der Waals surface area (Å²) < 4.78 is 0. The van der Waals surface area contributed by atoms with Gasteiger partial charge in [-0.15, -0.1) is 0 Å². The van der Waals surface area contributed by atoms with Crippen molar-refractivity contribution in [2.75, 3.05) is 0 Å². The molecule has 4 nitrogen and oxygen atoms in total. The molecule has 164 valence electrons. The van der Waals surface area contributed by atoms with Gasteiger partial charge in [-0.3, -0.25) is 4.79 Å². The van der Waals surface area contributed by atoms with E-state index in [1.165, 1.54) is 0 Å². The van der Waals surface area contributed by atoms with E-state index in [2.05, 4.69) is 34.8 Å². The van der Waals surface area contributed by atoms with Crippen molar-refractivity contribution in [1.29, 1.82) is 0 Å². The number of nitrogens with one attached hydrogen (secondary N) is 1. The molecule has 0 aliphatic rings. The third-order valence-corrected chi connectivity index (χ3v) is 5.75. The van der Waals surface area contributed by atoms with E-state index in [0.717, 1.165) is 38.9 Å². The average molecular weight is 462 g/mol.